The van der Waals surface area contributed by atoms with Crippen LogP contribution < -0.4 is 0 Å². The van der Waals surface area contributed by atoms with E-state index in [2.05, 4.69) is 50.3 Å². The summed E-state index contributed by atoms with van der Waals surface area (Å²) < 4.78 is 7.30. The van der Waals surface area contributed by atoms with Crippen molar-refractivity contribution in [2.45, 2.75) is 43.2 Å². The minimum atomic E-state index is 0.546. The molecule has 3 heterocycles. The molecule has 0 aliphatic carbocycles. The van der Waals surface area contributed by atoms with Crippen molar-refractivity contribution >= 4 is 23.3 Å². The minimum Gasteiger partial charge on any atom is -0.301 e. The van der Waals surface area contributed by atoms with E-state index in [4.69, 9.17) is 0 Å². The highest BCUT2D eigenvalue weighted by atomic mass is 32.2. The van der Waals surface area contributed by atoms with Gasteiger partial charge in [-0.25, -0.2) is 9.97 Å². The van der Waals surface area contributed by atoms with Crippen LogP contribution in [-0.2, 0) is 13.0 Å². The summed E-state index contributed by atoms with van der Waals surface area (Å²) in [5.41, 5.74) is 0.714. The lowest BCUT2D eigenvalue weighted by Gasteiger charge is -2.04. The van der Waals surface area contributed by atoms with Crippen LogP contribution in [0.4, 0.5) is 0 Å². The summed E-state index contributed by atoms with van der Waals surface area (Å²) in [5, 5.41) is 9.32. The highest BCUT2D eigenvalue weighted by Crippen LogP contribution is 2.30. The molecule has 0 radical (unpaired) electrons. The van der Waals surface area contributed by atoms with Crippen LogP contribution in [0, 0.1) is 5.92 Å². The maximum atomic E-state index is 4.56. The van der Waals surface area contributed by atoms with Gasteiger partial charge in [0.1, 0.15) is 11.5 Å². The van der Waals surface area contributed by atoms with Crippen LogP contribution >= 0.6 is 23.3 Å². The van der Waals surface area contributed by atoms with Gasteiger partial charge in [0.25, 0.3) is 0 Å². The summed E-state index contributed by atoms with van der Waals surface area (Å²) in [5.74, 6) is 2.16. The Kier molecular flexibility index (Phi) is 4.97. The normalized spacial score (nSPS) is 11.3. The molecule has 0 aromatic carbocycles. The summed E-state index contributed by atoms with van der Waals surface area (Å²) in [6.45, 7) is 7.12. The molecular weight excluding hydrogens is 330 g/mol. The average Bonchev–Trinajstić information content (AvgIpc) is 3.14. The van der Waals surface area contributed by atoms with Crippen molar-refractivity contribution in [2.75, 3.05) is 0 Å². The van der Waals surface area contributed by atoms with Crippen LogP contribution in [0.5, 0.6) is 0 Å². The fourth-order valence-electron chi connectivity index (χ4n) is 2.06. The third-order valence-corrected chi connectivity index (χ3v) is 4.82. The molecule has 0 unspecified atom stereocenters. The largest absolute Gasteiger partial charge is 0.301 e. The van der Waals surface area contributed by atoms with E-state index < -0.39 is 0 Å². The van der Waals surface area contributed by atoms with Crippen molar-refractivity contribution in [3.05, 3.63) is 24.4 Å². The molecule has 3 aromatic heterocycles. The van der Waals surface area contributed by atoms with Gasteiger partial charge in [-0.05, 0) is 36.1 Å². The maximum absolute atomic E-state index is 4.56. The smallest absolute Gasteiger partial charge is 0.198 e. The number of hydrogen-bond acceptors (Lipinski definition) is 8. The van der Waals surface area contributed by atoms with Crippen molar-refractivity contribution in [3.8, 4) is 11.5 Å². The van der Waals surface area contributed by atoms with Gasteiger partial charge in [-0.15, -0.1) is 10.2 Å². The monoisotopic (exact) mass is 347 g/mol. The highest BCUT2D eigenvalue weighted by molar-refractivity contribution is 8.00. The van der Waals surface area contributed by atoms with Crippen LogP contribution in [-0.4, -0.2) is 34.1 Å². The van der Waals surface area contributed by atoms with E-state index in [1.807, 2.05) is 4.57 Å². The van der Waals surface area contributed by atoms with E-state index in [0.29, 0.717) is 11.6 Å². The summed E-state index contributed by atoms with van der Waals surface area (Å²) in [6, 6.07) is 0. The fourth-order valence-corrected chi connectivity index (χ4v) is 3.70. The van der Waals surface area contributed by atoms with Gasteiger partial charge in [0, 0.05) is 25.4 Å². The topological polar surface area (TPSA) is 82.3 Å². The standard InChI is InChI=1S/C14H17N7S2/c1-4-21-12(10-8-15-5-6-16-10)18-19-13(21)22-14-17-11(20-23-14)7-9(2)3/h5-6,8-9H,4,7H2,1-3H3. The number of hydrogen-bond donors (Lipinski definition) is 0. The first-order valence-corrected chi connectivity index (χ1v) is 8.96. The number of nitrogens with zero attached hydrogens (tertiary/aromatic N) is 7. The number of aromatic nitrogens is 7. The van der Waals surface area contributed by atoms with Crippen LogP contribution in [0.15, 0.2) is 28.1 Å². The lowest BCUT2D eigenvalue weighted by Crippen LogP contribution is -2.01. The van der Waals surface area contributed by atoms with Crippen LogP contribution in [0.1, 0.15) is 26.6 Å². The van der Waals surface area contributed by atoms with Gasteiger partial charge in [-0.3, -0.25) is 4.98 Å². The predicted octanol–water partition coefficient (Wildman–Crippen LogP) is 2.96. The van der Waals surface area contributed by atoms with Crippen LogP contribution in [0.2, 0.25) is 0 Å². The van der Waals surface area contributed by atoms with Gasteiger partial charge in [0.05, 0.1) is 6.20 Å². The Hall–Kier alpha value is -1.87. The van der Waals surface area contributed by atoms with E-state index in [0.717, 1.165) is 34.1 Å². The third-order valence-electron chi connectivity index (χ3n) is 3.04. The minimum absolute atomic E-state index is 0.546. The van der Waals surface area contributed by atoms with Crippen molar-refractivity contribution in [1.82, 2.24) is 34.1 Å². The molecule has 0 atom stereocenters. The molecule has 3 rings (SSSR count). The first kappa shape index (κ1) is 16.0. The van der Waals surface area contributed by atoms with E-state index in [9.17, 15) is 0 Å². The van der Waals surface area contributed by atoms with Crippen molar-refractivity contribution in [1.29, 1.82) is 0 Å². The predicted molar refractivity (Wildman–Crippen MR) is 89.3 cm³/mol. The molecular formula is C14H17N7S2. The van der Waals surface area contributed by atoms with Crippen molar-refractivity contribution < 1.29 is 0 Å². The molecule has 120 valence electrons. The Morgan fingerprint density at radius 1 is 1.26 bits per heavy atom. The first-order valence-electron chi connectivity index (χ1n) is 7.37. The molecule has 0 spiro atoms. The van der Waals surface area contributed by atoms with Crippen LogP contribution in [0.3, 0.4) is 0 Å². The lowest BCUT2D eigenvalue weighted by molar-refractivity contribution is 0.624. The molecule has 9 heteroatoms. The average molecular weight is 347 g/mol. The molecule has 3 aromatic rings. The van der Waals surface area contributed by atoms with E-state index in [-0.39, 0.29) is 0 Å². The second-order valence-corrected chi connectivity index (χ2v) is 7.28. The van der Waals surface area contributed by atoms with Gasteiger partial charge < -0.3 is 4.57 Å². The van der Waals surface area contributed by atoms with Crippen LogP contribution in [0.25, 0.3) is 11.5 Å². The second kappa shape index (κ2) is 7.14. The van der Waals surface area contributed by atoms with E-state index in [1.165, 1.54) is 23.3 Å². The zero-order valence-corrected chi connectivity index (χ0v) is 14.8. The molecule has 0 N–H and O–H groups in total. The molecule has 0 fully saturated rings. The Morgan fingerprint density at radius 2 is 2.13 bits per heavy atom. The summed E-state index contributed by atoms with van der Waals surface area (Å²) >= 11 is 2.89. The molecule has 0 aliphatic heterocycles. The zero-order chi connectivity index (χ0) is 16.2. The van der Waals surface area contributed by atoms with Crippen molar-refractivity contribution in [2.24, 2.45) is 5.92 Å². The lowest BCUT2D eigenvalue weighted by atomic mass is 10.1. The molecule has 23 heavy (non-hydrogen) atoms. The Labute approximate surface area is 142 Å². The van der Waals surface area contributed by atoms with Gasteiger partial charge >= 0.3 is 0 Å². The molecule has 0 saturated carbocycles. The van der Waals surface area contributed by atoms with Crippen molar-refractivity contribution in [3.63, 3.8) is 0 Å². The fraction of sp³-hybridized carbons (Fsp3) is 0.429. The Bertz CT molecular complexity index is 767. The van der Waals surface area contributed by atoms with Gasteiger partial charge in [0.2, 0.25) is 0 Å². The maximum Gasteiger partial charge on any atom is 0.198 e. The summed E-state index contributed by atoms with van der Waals surface area (Å²) in [7, 11) is 0. The molecule has 0 amide bonds. The summed E-state index contributed by atoms with van der Waals surface area (Å²) in [6.07, 6.45) is 5.88. The molecule has 7 nitrogen and oxygen atoms in total. The Morgan fingerprint density at radius 3 is 2.83 bits per heavy atom. The molecule has 0 aliphatic rings. The third kappa shape index (κ3) is 3.73. The number of rotatable bonds is 6. The second-order valence-electron chi connectivity index (χ2n) is 5.32. The zero-order valence-electron chi connectivity index (χ0n) is 13.2. The quantitative estimate of drug-likeness (QED) is 0.678. The molecule has 0 saturated heterocycles. The van der Waals surface area contributed by atoms with Gasteiger partial charge in [-0.1, -0.05) is 13.8 Å². The van der Waals surface area contributed by atoms with Gasteiger partial charge in [-0.2, -0.15) is 4.37 Å². The summed E-state index contributed by atoms with van der Waals surface area (Å²) in [4.78, 5) is 12.9. The molecule has 0 bridgehead atoms. The SMILES string of the molecule is CCn1c(Sc2nc(CC(C)C)ns2)nnc1-c1cnccn1. The first-order chi connectivity index (χ1) is 11.2. The highest BCUT2D eigenvalue weighted by Gasteiger charge is 2.17. The van der Waals surface area contributed by atoms with E-state index >= 15 is 0 Å². The van der Waals surface area contributed by atoms with E-state index in [1.54, 1.807) is 18.6 Å². The Balaban J connectivity index is 1.84. The van der Waals surface area contributed by atoms with Gasteiger partial charge in [0.15, 0.2) is 15.3 Å².